The van der Waals surface area contributed by atoms with Gasteiger partial charge in [-0.05, 0) is 113 Å². The summed E-state index contributed by atoms with van der Waals surface area (Å²) < 4.78 is 0. The van der Waals surface area contributed by atoms with Crippen molar-refractivity contribution in [3.05, 3.63) is 160 Å². The fraction of sp³-hybridized carbons (Fsp3) is 0.111. The molecule has 53 heavy (non-hydrogen) atoms. The maximum atomic E-state index is 11.3. The Bertz CT molecular complexity index is 2350. The molecule has 5 aromatic carbocycles. The van der Waals surface area contributed by atoms with Crippen LogP contribution in [0.1, 0.15) is 53.0 Å². The molecule has 258 valence electrons. The molecule has 2 unspecified atom stereocenters. The van der Waals surface area contributed by atoms with E-state index in [-0.39, 0.29) is 11.1 Å². The van der Waals surface area contributed by atoms with Crippen LogP contribution in [0.15, 0.2) is 132 Å². The van der Waals surface area contributed by atoms with Gasteiger partial charge in [-0.25, -0.2) is 9.59 Å². The van der Waals surface area contributed by atoms with Crippen molar-refractivity contribution in [2.45, 2.75) is 31.2 Å². The molecule has 0 bridgehead atoms. The van der Waals surface area contributed by atoms with Gasteiger partial charge in [-0.1, -0.05) is 79.2 Å². The highest BCUT2D eigenvalue weighted by Crippen LogP contribution is 2.52. The number of hydrogen-bond donors (Lipinski definition) is 2. The number of carbonyl (C=O) groups is 2. The molecular weight excluding hydrogens is 661 g/mol. The molecule has 0 radical (unpaired) electrons. The number of hydrogen-bond acceptors (Lipinski definition) is 6. The zero-order chi connectivity index (χ0) is 36.9. The van der Waals surface area contributed by atoms with Crippen molar-refractivity contribution in [1.29, 1.82) is 10.5 Å². The van der Waals surface area contributed by atoms with Gasteiger partial charge >= 0.3 is 11.9 Å². The number of rotatable bonds is 10. The second-order valence-electron chi connectivity index (χ2n) is 13.0. The second kappa shape index (κ2) is 15.0. The maximum absolute atomic E-state index is 11.3. The molecule has 5 aromatic rings. The standard InChI is InChI=1S/C45H34N4O4/c46-28-34(44(50)51)25-31-12-9-30(10-13-31)11-14-33-17-24-43-41(27-33)40-7-4-8-42(40)49(43)39-22-20-38(21-23-39)48(36-5-2-1-3-6-36)37-18-15-32(16-19-37)26-35(29-47)45(52)53/h1-3,5-6,9-27,40,42H,4,7-8H2,(H,50,51)(H,52,53)/b14-11+,34-25+,35-26+. The SMILES string of the molecule is N#C/C(=C\c1ccc(/C=C/c2ccc3c(c2)C2CCCC2N3c2ccc(N(c3ccccc3)c3ccc(/C=C(\C#N)C(=O)O)cc3)cc2)cc1)C(=O)O. The minimum Gasteiger partial charge on any atom is -0.477 e. The fourth-order valence-electron chi connectivity index (χ4n) is 7.33. The van der Waals surface area contributed by atoms with Crippen molar-refractivity contribution in [3.8, 4) is 12.1 Å². The van der Waals surface area contributed by atoms with Crippen LogP contribution in [0.3, 0.4) is 0 Å². The third-order valence-electron chi connectivity index (χ3n) is 9.80. The molecule has 7 rings (SSSR count). The van der Waals surface area contributed by atoms with Gasteiger partial charge in [-0.15, -0.1) is 0 Å². The van der Waals surface area contributed by atoms with E-state index in [9.17, 15) is 20.0 Å². The van der Waals surface area contributed by atoms with E-state index in [0.717, 1.165) is 46.7 Å². The largest absolute Gasteiger partial charge is 0.477 e. The van der Waals surface area contributed by atoms with E-state index in [1.165, 1.54) is 29.8 Å². The van der Waals surface area contributed by atoms with Gasteiger partial charge in [-0.2, -0.15) is 10.5 Å². The molecule has 0 amide bonds. The summed E-state index contributed by atoms with van der Waals surface area (Å²) in [5, 5.41) is 36.6. The molecule has 1 fully saturated rings. The summed E-state index contributed by atoms with van der Waals surface area (Å²) in [4.78, 5) is 27.2. The van der Waals surface area contributed by atoms with E-state index in [2.05, 4.69) is 58.3 Å². The predicted molar refractivity (Wildman–Crippen MR) is 208 cm³/mol. The van der Waals surface area contributed by atoms with E-state index in [4.69, 9.17) is 10.4 Å². The smallest absolute Gasteiger partial charge is 0.346 e. The van der Waals surface area contributed by atoms with Gasteiger partial charge in [0.2, 0.25) is 0 Å². The van der Waals surface area contributed by atoms with E-state index < -0.39 is 11.9 Å². The molecule has 0 saturated heterocycles. The van der Waals surface area contributed by atoms with Crippen molar-refractivity contribution in [3.63, 3.8) is 0 Å². The van der Waals surface area contributed by atoms with E-state index >= 15 is 0 Å². The highest BCUT2D eigenvalue weighted by Gasteiger charge is 2.42. The van der Waals surface area contributed by atoms with Crippen molar-refractivity contribution in [1.82, 2.24) is 0 Å². The Labute approximate surface area is 307 Å². The van der Waals surface area contributed by atoms with Crippen LogP contribution in [-0.2, 0) is 9.59 Å². The zero-order valence-corrected chi connectivity index (χ0v) is 28.6. The summed E-state index contributed by atoms with van der Waals surface area (Å²) in [6.07, 6.45) is 10.3. The van der Waals surface area contributed by atoms with Crippen LogP contribution in [0.2, 0.25) is 0 Å². The van der Waals surface area contributed by atoms with Gasteiger partial charge in [0, 0.05) is 40.4 Å². The molecule has 1 aliphatic carbocycles. The number of fused-ring (bicyclic) bond motifs is 3. The summed E-state index contributed by atoms with van der Waals surface area (Å²) >= 11 is 0. The van der Waals surface area contributed by atoms with Gasteiger partial charge in [0.1, 0.15) is 23.3 Å². The molecule has 2 aliphatic rings. The van der Waals surface area contributed by atoms with E-state index in [1.54, 1.807) is 24.3 Å². The van der Waals surface area contributed by atoms with Gasteiger partial charge < -0.3 is 20.0 Å². The van der Waals surface area contributed by atoms with Crippen LogP contribution in [0.25, 0.3) is 24.3 Å². The number of carboxylic acids is 2. The van der Waals surface area contributed by atoms with Crippen LogP contribution in [0.5, 0.6) is 0 Å². The topological polar surface area (TPSA) is 129 Å². The lowest BCUT2D eigenvalue weighted by atomic mass is 9.95. The van der Waals surface area contributed by atoms with Crippen molar-refractivity contribution in [2.75, 3.05) is 9.80 Å². The molecule has 2 N–H and O–H groups in total. The summed E-state index contributed by atoms with van der Waals surface area (Å²) in [6, 6.07) is 44.1. The second-order valence-corrected chi connectivity index (χ2v) is 13.0. The lowest BCUT2D eigenvalue weighted by Crippen LogP contribution is -2.26. The van der Waals surface area contributed by atoms with Crippen molar-refractivity contribution >= 4 is 64.7 Å². The molecule has 8 heteroatoms. The Kier molecular flexibility index (Phi) is 9.70. The average Bonchev–Trinajstić information content (AvgIpc) is 3.78. The van der Waals surface area contributed by atoms with Crippen LogP contribution in [-0.4, -0.2) is 28.2 Å². The molecule has 1 heterocycles. The van der Waals surface area contributed by atoms with Gasteiger partial charge in [0.25, 0.3) is 0 Å². The van der Waals surface area contributed by atoms with Crippen molar-refractivity contribution < 1.29 is 19.8 Å². The maximum Gasteiger partial charge on any atom is 0.346 e. The Morgan fingerprint density at radius 1 is 0.642 bits per heavy atom. The van der Waals surface area contributed by atoms with Crippen LogP contribution < -0.4 is 9.80 Å². The molecule has 2 atom stereocenters. The lowest BCUT2D eigenvalue weighted by molar-refractivity contribution is -0.133. The average molecular weight is 695 g/mol. The minimum absolute atomic E-state index is 0.302. The molecule has 8 nitrogen and oxygen atoms in total. The molecular formula is C45H34N4O4. The number of benzene rings is 5. The number of aliphatic carboxylic acids is 2. The fourth-order valence-corrected chi connectivity index (χ4v) is 7.33. The number of carboxylic acid groups (broad SMARTS) is 2. The number of para-hydroxylation sites is 1. The van der Waals surface area contributed by atoms with Gasteiger partial charge in [0.15, 0.2) is 0 Å². The van der Waals surface area contributed by atoms with Crippen LogP contribution in [0, 0.1) is 22.7 Å². The molecule has 0 aromatic heterocycles. The summed E-state index contributed by atoms with van der Waals surface area (Å²) in [5.74, 6) is -2.05. The third kappa shape index (κ3) is 7.21. The Balaban J connectivity index is 1.14. The van der Waals surface area contributed by atoms with E-state index in [1.807, 2.05) is 72.8 Å². The highest BCUT2D eigenvalue weighted by molar-refractivity contribution is 5.97. The lowest BCUT2D eigenvalue weighted by Gasteiger charge is -2.29. The Morgan fingerprint density at radius 2 is 1.15 bits per heavy atom. The normalized spacial score (nSPS) is 16.5. The van der Waals surface area contributed by atoms with Crippen LogP contribution >= 0.6 is 0 Å². The quantitative estimate of drug-likeness (QED) is 0.0840. The first-order valence-electron chi connectivity index (χ1n) is 17.3. The molecule has 0 spiro atoms. The Hall–Kier alpha value is -7.16. The first kappa shape index (κ1) is 34.3. The van der Waals surface area contributed by atoms with Gasteiger partial charge in [0.05, 0.1) is 0 Å². The van der Waals surface area contributed by atoms with Crippen molar-refractivity contribution in [2.24, 2.45) is 0 Å². The highest BCUT2D eigenvalue weighted by atomic mass is 16.4. The summed E-state index contributed by atoms with van der Waals surface area (Å²) in [5.41, 5.74) is 9.34. The molecule has 1 saturated carbocycles. The minimum atomic E-state index is -1.25. The van der Waals surface area contributed by atoms with Crippen LogP contribution in [0.4, 0.5) is 28.4 Å². The summed E-state index contributed by atoms with van der Waals surface area (Å²) in [6.45, 7) is 0. The summed E-state index contributed by atoms with van der Waals surface area (Å²) in [7, 11) is 0. The Morgan fingerprint density at radius 3 is 1.74 bits per heavy atom. The third-order valence-corrected chi connectivity index (χ3v) is 9.80. The van der Waals surface area contributed by atoms with E-state index in [0.29, 0.717) is 23.1 Å². The predicted octanol–water partition coefficient (Wildman–Crippen LogP) is 10.1. The van der Waals surface area contributed by atoms with Gasteiger partial charge in [-0.3, -0.25) is 0 Å². The number of nitriles is 2. The number of anilines is 5. The molecule has 1 aliphatic heterocycles. The number of nitrogens with zero attached hydrogens (tertiary/aromatic N) is 4. The first-order chi connectivity index (χ1) is 25.8. The zero-order valence-electron chi connectivity index (χ0n) is 28.6. The first-order valence-corrected chi connectivity index (χ1v) is 17.3. The monoisotopic (exact) mass is 694 g/mol.